The lowest BCUT2D eigenvalue weighted by Gasteiger charge is -2.57. The van der Waals surface area contributed by atoms with Crippen molar-refractivity contribution >= 4 is 22.3 Å². The monoisotopic (exact) mass is 443 g/mol. The first kappa shape index (κ1) is 21.1. The summed E-state index contributed by atoms with van der Waals surface area (Å²) in [5.74, 6) is 3.11. The predicted octanol–water partition coefficient (Wildman–Crippen LogP) is 6.35. The molecule has 0 spiro atoms. The Balaban J connectivity index is 1.35. The third-order valence-electron chi connectivity index (χ3n) is 10.1. The van der Waals surface area contributed by atoms with Crippen LogP contribution in [0.4, 0.5) is 0 Å². The van der Waals surface area contributed by atoms with Crippen molar-refractivity contribution in [1.82, 2.24) is 4.98 Å². The number of carbonyl (C=O) groups is 1. The topological polar surface area (TPSA) is 60.2 Å². The highest BCUT2D eigenvalue weighted by atomic mass is 16.4. The van der Waals surface area contributed by atoms with Crippen molar-refractivity contribution in [3.8, 4) is 0 Å². The van der Waals surface area contributed by atoms with Crippen LogP contribution in [-0.4, -0.2) is 10.8 Å². The average molecular weight is 444 g/mol. The SMILES string of the molecule is CC(=O)C1CCC2C3CC=C4C=C(c5nc6ccccc6c(=O)o5)CCC4(C)C3CCC12C. The Kier molecular flexibility index (Phi) is 4.63. The number of carbonyl (C=O) groups excluding carboxylic acids is 1. The maximum absolute atomic E-state index is 12.5. The number of rotatable bonds is 2. The molecule has 0 aliphatic heterocycles. The van der Waals surface area contributed by atoms with E-state index in [4.69, 9.17) is 4.42 Å². The van der Waals surface area contributed by atoms with Crippen LogP contribution in [0.1, 0.15) is 71.6 Å². The van der Waals surface area contributed by atoms with Crippen LogP contribution < -0.4 is 5.63 Å². The van der Waals surface area contributed by atoms with Gasteiger partial charge in [0.25, 0.3) is 0 Å². The molecule has 0 radical (unpaired) electrons. The number of nitrogens with zero attached hydrogens (tertiary/aromatic N) is 1. The summed E-state index contributed by atoms with van der Waals surface area (Å²) in [4.78, 5) is 29.6. The number of para-hydroxylation sites is 1. The minimum absolute atomic E-state index is 0.152. The first-order valence-corrected chi connectivity index (χ1v) is 12.6. The van der Waals surface area contributed by atoms with Crippen molar-refractivity contribution in [2.45, 2.75) is 65.7 Å². The molecular formula is C29H33NO3. The number of hydrogen-bond donors (Lipinski definition) is 0. The lowest BCUT2D eigenvalue weighted by atomic mass is 9.47. The summed E-state index contributed by atoms with van der Waals surface area (Å²) in [6.45, 7) is 6.66. The van der Waals surface area contributed by atoms with Crippen LogP contribution in [0.25, 0.3) is 16.5 Å². The van der Waals surface area contributed by atoms with E-state index in [1.165, 1.54) is 24.8 Å². The van der Waals surface area contributed by atoms with Gasteiger partial charge >= 0.3 is 5.63 Å². The number of Topliss-reactive ketones (excluding diaryl/α,β-unsaturated/α-hetero) is 1. The number of ketones is 1. The fourth-order valence-corrected chi connectivity index (χ4v) is 8.32. The molecule has 2 aromatic rings. The average Bonchev–Trinajstić information content (AvgIpc) is 3.16. The van der Waals surface area contributed by atoms with E-state index >= 15 is 0 Å². The van der Waals surface area contributed by atoms with Crippen LogP contribution in [0.15, 0.2) is 51.2 Å². The summed E-state index contributed by atoms with van der Waals surface area (Å²) in [5.41, 5.74) is 3.16. The molecule has 0 bridgehead atoms. The summed E-state index contributed by atoms with van der Waals surface area (Å²) in [6.07, 6.45) is 12.4. The Hall–Kier alpha value is -2.49. The van der Waals surface area contributed by atoms with Crippen molar-refractivity contribution in [1.29, 1.82) is 0 Å². The van der Waals surface area contributed by atoms with E-state index in [0.717, 1.165) is 31.3 Å². The van der Waals surface area contributed by atoms with Gasteiger partial charge in [-0.05, 0) is 98.2 Å². The van der Waals surface area contributed by atoms with E-state index in [9.17, 15) is 9.59 Å². The van der Waals surface area contributed by atoms with Gasteiger partial charge in [-0.1, -0.05) is 38.1 Å². The zero-order valence-electron chi connectivity index (χ0n) is 19.9. The zero-order valence-corrected chi connectivity index (χ0v) is 19.9. The first-order valence-electron chi connectivity index (χ1n) is 12.6. The smallest absolute Gasteiger partial charge is 0.347 e. The number of allylic oxidation sites excluding steroid dienone is 4. The van der Waals surface area contributed by atoms with Crippen LogP contribution in [0, 0.1) is 34.5 Å². The van der Waals surface area contributed by atoms with E-state index < -0.39 is 0 Å². The first-order chi connectivity index (χ1) is 15.8. The van der Waals surface area contributed by atoms with Gasteiger partial charge in [-0.25, -0.2) is 9.78 Å². The van der Waals surface area contributed by atoms with Crippen molar-refractivity contribution in [3.63, 3.8) is 0 Å². The Morgan fingerprint density at radius 1 is 1.09 bits per heavy atom. The normalized spacial score (nSPS) is 37.5. The number of hydrogen-bond acceptors (Lipinski definition) is 4. The Labute approximate surface area is 195 Å². The van der Waals surface area contributed by atoms with Gasteiger partial charge in [0.1, 0.15) is 5.78 Å². The van der Waals surface area contributed by atoms with Gasteiger partial charge in [-0.3, -0.25) is 4.79 Å². The molecule has 4 heteroatoms. The van der Waals surface area contributed by atoms with Gasteiger partial charge in [0.05, 0.1) is 10.9 Å². The highest BCUT2D eigenvalue weighted by Gasteiger charge is 2.59. The van der Waals surface area contributed by atoms with Crippen molar-refractivity contribution in [3.05, 3.63) is 58.3 Å². The lowest BCUT2D eigenvalue weighted by molar-refractivity contribution is -0.127. The summed E-state index contributed by atoms with van der Waals surface area (Å²) in [6, 6.07) is 7.39. The molecule has 1 aromatic heterocycles. The van der Waals surface area contributed by atoms with Gasteiger partial charge in [0.2, 0.25) is 5.89 Å². The van der Waals surface area contributed by atoms with Crippen LogP contribution >= 0.6 is 0 Å². The molecular weight excluding hydrogens is 410 g/mol. The van der Waals surface area contributed by atoms with Gasteiger partial charge < -0.3 is 4.42 Å². The molecule has 1 aromatic carbocycles. The van der Waals surface area contributed by atoms with Gasteiger partial charge in [0.15, 0.2) is 0 Å². The van der Waals surface area contributed by atoms with Crippen LogP contribution in [0.2, 0.25) is 0 Å². The molecule has 0 saturated heterocycles. The Morgan fingerprint density at radius 3 is 2.73 bits per heavy atom. The standard InChI is InChI=1S/C29H33NO3/c1-17(31)22-10-11-23-20-9-8-19-16-18(12-14-28(19,2)24(20)13-15-29(22,23)3)26-30-25-7-5-4-6-21(25)27(32)33-26/h4-8,16,20,22-24H,9-15H2,1-3H3. The molecule has 0 amide bonds. The minimum Gasteiger partial charge on any atom is -0.403 e. The third-order valence-corrected chi connectivity index (χ3v) is 10.1. The minimum atomic E-state index is -0.310. The molecule has 172 valence electrons. The fraction of sp³-hybridized carbons (Fsp3) is 0.552. The highest BCUT2D eigenvalue weighted by molar-refractivity contribution is 5.80. The Morgan fingerprint density at radius 2 is 1.91 bits per heavy atom. The van der Waals surface area contributed by atoms with Gasteiger partial charge in [-0.2, -0.15) is 0 Å². The maximum atomic E-state index is 12.5. The lowest BCUT2D eigenvalue weighted by Crippen LogP contribution is -2.49. The molecule has 6 rings (SSSR count). The van der Waals surface area contributed by atoms with Crippen LogP contribution in [0.3, 0.4) is 0 Å². The molecule has 4 aliphatic rings. The van der Waals surface area contributed by atoms with E-state index in [-0.39, 0.29) is 22.4 Å². The second-order valence-corrected chi connectivity index (χ2v) is 11.5. The zero-order chi connectivity index (χ0) is 23.0. The van der Waals surface area contributed by atoms with E-state index in [2.05, 4.69) is 31.0 Å². The van der Waals surface area contributed by atoms with E-state index in [1.807, 2.05) is 18.2 Å². The highest BCUT2D eigenvalue weighted by Crippen LogP contribution is 2.66. The molecule has 6 unspecified atom stereocenters. The summed E-state index contributed by atoms with van der Waals surface area (Å²) >= 11 is 0. The quantitative estimate of drug-likeness (QED) is 0.543. The number of benzene rings is 1. The number of fused-ring (bicyclic) bond motifs is 6. The van der Waals surface area contributed by atoms with E-state index in [0.29, 0.717) is 40.3 Å². The van der Waals surface area contributed by atoms with Crippen molar-refractivity contribution in [2.75, 3.05) is 0 Å². The predicted molar refractivity (Wildman–Crippen MR) is 130 cm³/mol. The van der Waals surface area contributed by atoms with E-state index in [1.54, 1.807) is 13.0 Å². The van der Waals surface area contributed by atoms with Crippen LogP contribution in [0.5, 0.6) is 0 Å². The summed E-state index contributed by atoms with van der Waals surface area (Å²) < 4.78 is 5.66. The molecule has 2 fully saturated rings. The molecule has 1 heterocycles. The Bertz CT molecular complexity index is 1270. The number of aromatic nitrogens is 1. The molecule has 4 nitrogen and oxygen atoms in total. The molecule has 2 saturated carbocycles. The maximum Gasteiger partial charge on any atom is 0.347 e. The molecule has 4 aliphatic carbocycles. The largest absolute Gasteiger partial charge is 0.403 e. The summed E-state index contributed by atoms with van der Waals surface area (Å²) in [7, 11) is 0. The van der Waals surface area contributed by atoms with Gasteiger partial charge in [0, 0.05) is 11.5 Å². The van der Waals surface area contributed by atoms with Crippen molar-refractivity contribution < 1.29 is 9.21 Å². The fourth-order valence-electron chi connectivity index (χ4n) is 8.32. The molecule has 0 N–H and O–H groups in total. The second-order valence-electron chi connectivity index (χ2n) is 11.5. The molecule has 6 atom stereocenters. The summed E-state index contributed by atoms with van der Waals surface area (Å²) in [5, 5.41) is 0.535. The van der Waals surface area contributed by atoms with Crippen LogP contribution in [-0.2, 0) is 4.79 Å². The molecule has 33 heavy (non-hydrogen) atoms. The van der Waals surface area contributed by atoms with Crippen molar-refractivity contribution in [2.24, 2.45) is 34.5 Å². The second kappa shape index (κ2) is 7.25. The third kappa shape index (κ3) is 2.98. The van der Waals surface area contributed by atoms with Gasteiger partial charge in [-0.15, -0.1) is 0 Å².